The number of urea groups is 1. The maximum Gasteiger partial charge on any atom is 0.315 e. The van der Waals surface area contributed by atoms with Crippen molar-refractivity contribution in [3.63, 3.8) is 0 Å². The highest BCUT2D eigenvalue weighted by Gasteiger charge is 2.32. The highest BCUT2D eigenvalue weighted by molar-refractivity contribution is 5.96. The van der Waals surface area contributed by atoms with Crippen LogP contribution in [-0.4, -0.2) is 37.2 Å². The van der Waals surface area contributed by atoms with E-state index in [0.29, 0.717) is 19.6 Å². The summed E-state index contributed by atoms with van der Waals surface area (Å²) in [5.41, 5.74) is 0.837. The first-order chi connectivity index (χ1) is 11.7. The molecule has 1 aliphatic heterocycles. The first-order valence-corrected chi connectivity index (χ1v) is 8.76. The number of rotatable bonds is 5. The van der Waals surface area contributed by atoms with Gasteiger partial charge in [-0.15, -0.1) is 0 Å². The Labute approximate surface area is 142 Å². The van der Waals surface area contributed by atoms with Crippen LogP contribution in [0, 0.1) is 0 Å². The average Bonchev–Trinajstić information content (AvgIpc) is 3.18. The molecule has 6 heteroatoms. The Morgan fingerprint density at radius 3 is 2.50 bits per heavy atom. The SMILES string of the molecule is CCOc1ccc(N2CC(NC(=O)NC3CCCC3)CC2=O)cc1. The lowest BCUT2D eigenvalue weighted by molar-refractivity contribution is -0.117. The molecule has 0 spiro atoms. The number of carbonyl (C=O) groups excluding carboxylic acids is 2. The molecule has 1 aromatic carbocycles. The maximum absolute atomic E-state index is 12.2. The van der Waals surface area contributed by atoms with Crippen LogP contribution in [0.4, 0.5) is 10.5 Å². The Hall–Kier alpha value is -2.24. The van der Waals surface area contributed by atoms with Crippen LogP contribution in [0.5, 0.6) is 5.75 Å². The number of hydrogen-bond donors (Lipinski definition) is 2. The second-order valence-corrected chi connectivity index (χ2v) is 6.43. The minimum absolute atomic E-state index is 0.0327. The van der Waals surface area contributed by atoms with Crippen LogP contribution in [0.1, 0.15) is 39.0 Å². The Kier molecular flexibility index (Phi) is 5.23. The summed E-state index contributed by atoms with van der Waals surface area (Å²) in [6.07, 6.45) is 4.80. The standard InChI is InChI=1S/C18H25N3O3/c1-2-24-16-9-7-15(8-10-16)21-12-14(11-17(21)22)20-18(23)19-13-5-3-4-6-13/h7-10,13-14H,2-6,11-12H2,1H3,(H2,19,20,23). The van der Waals surface area contributed by atoms with Crippen LogP contribution >= 0.6 is 0 Å². The van der Waals surface area contributed by atoms with Crippen molar-refractivity contribution in [1.82, 2.24) is 10.6 Å². The molecule has 3 rings (SSSR count). The first-order valence-electron chi connectivity index (χ1n) is 8.76. The molecule has 1 saturated heterocycles. The molecule has 1 heterocycles. The molecule has 1 aliphatic carbocycles. The lowest BCUT2D eigenvalue weighted by atomic mass is 10.2. The molecule has 24 heavy (non-hydrogen) atoms. The van der Waals surface area contributed by atoms with Gasteiger partial charge in [-0.2, -0.15) is 0 Å². The van der Waals surface area contributed by atoms with Crippen LogP contribution in [0.3, 0.4) is 0 Å². The van der Waals surface area contributed by atoms with Gasteiger partial charge in [-0.3, -0.25) is 4.79 Å². The van der Waals surface area contributed by atoms with E-state index in [-0.39, 0.29) is 24.0 Å². The van der Waals surface area contributed by atoms with Gasteiger partial charge >= 0.3 is 6.03 Å². The number of nitrogens with one attached hydrogen (secondary N) is 2. The fraction of sp³-hybridized carbons (Fsp3) is 0.556. The van der Waals surface area contributed by atoms with Crippen molar-refractivity contribution in [2.75, 3.05) is 18.1 Å². The Balaban J connectivity index is 1.53. The van der Waals surface area contributed by atoms with E-state index in [1.807, 2.05) is 31.2 Å². The molecule has 0 aromatic heterocycles. The minimum atomic E-state index is -0.159. The summed E-state index contributed by atoms with van der Waals surface area (Å²) in [4.78, 5) is 26.0. The van der Waals surface area contributed by atoms with Crippen LogP contribution in [0.2, 0.25) is 0 Å². The van der Waals surface area contributed by atoms with Gasteiger partial charge in [-0.25, -0.2) is 4.79 Å². The molecule has 1 unspecified atom stereocenters. The smallest absolute Gasteiger partial charge is 0.315 e. The Morgan fingerprint density at radius 1 is 1.17 bits per heavy atom. The van der Waals surface area contributed by atoms with E-state index in [2.05, 4.69) is 10.6 Å². The van der Waals surface area contributed by atoms with E-state index in [1.165, 1.54) is 12.8 Å². The number of nitrogens with zero attached hydrogens (tertiary/aromatic N) is 1. The van der Waals surface area contributed by atoms with Crippen molar-refractivity contribution in [2.45, 2.75) is 51.1 Å². The van der Waals surface area contributed by atoms with Crippen LogP contribution in [0.25, 0.3) is 0 Å². The zero-order chi connectivity index (χ0) is 16.9. The van der Waals surface area contributed by atoms with Gasteiger partial charge in [0.2, 0.25) is 5.91 Å². The predicted molar refractivity (Wildman–Crippen MR) is 92.3 cm³/mol. The highest BCUT2D eigenvalue weighted by atomic mass is 16.5. The number of anilines is 1. The monoisotopic (exact) mass is 331 g/mol. The highest BCUT2D eigenvalue weighted by Crippen LogP contribution is 2.24. The molecule has 1 aromatic rings. The van der Waals surface area contributed by atoms with Crippen molar-refractivity contribution < 1.29 is 14.3 Å². The van der Waals surface area contributed by atoms with Crippen molar-refractivity contribution in [3.05, 3.63) is 24.3 Å². The molecule has 1 atom stereocenters. The third-order valence-corrected chi connectivity index (χ3v) is 4.61. The summed E-state index contributed by atoms with van der Waals surface area (Å²) in [5, 5.41) is 5.93. The number of hydrogen-bond acceptors (Lipinski definition) is 3. The van der Waals surface area contributed by atoms with Gasteiger partial charge in [0.15, 0.2) is 0 Å². The number of benzene rings is 1. The third-order valence-electron chi connectivity index (χ3n) is 4.61. The quantitative estimate of drug-likeness (QED) is 0.870. The third kappa shape index (κ3) is 3.99. The lowest BCUT2D eigenvalue weighted by Gasteiger charge is -2.19. The first kappa shape index (κ1) is 16.6. The summed E-state index contributed by atoms with van der Waals surface area (Å²) in [6.45, 7) is 3.06. The van der Waals surface area contributed by atoms with Crippen LogP contribution < -0.4 is 20.3 Å². The molecule has 0 radical (unpaired) electrons. The minimum Gasteiger partial charge on any atom is -0.494 e. The number of ether oxygens (including phenoxy) is 1. The Morgan fingerprint density at radius 2 is 1.83 bits per heavy atom. The fourth-order valence-corrected chi connectivity index (χ4v) is 3.43. The average molecular weight is 331 g/mol. The largest absolute Gasteiger partial charge is 0.494 e. The summed E-state index contributed by atoms with van der Waals surface area (Å²) in [6, 6.07) is 7.45. The van der Waals surface area contributed by atoms with Crippen molar-refractivity contribution in [3.8, 4) is 5.75 Å². The van der Waals surface area contributed by atoms with E-state index in [1.54, 1.807) is 4.90 Å². The van der Waals surface area contributed by atoms with Gasteiger partial charge in [0.05, 0.1) is 12.6 Å². The zero-order valence-corrected chi connectivity index (χ0v) is 14.1. The Bertz CT molecular complexity index is 582. The number of carbonyl (C=O) groups is 2. The van der Waals surface area contributed by atoms with Gasteiger partial charge in [0, 0.05) is 24.7 Å². The predicted octanol–water partition coefficient (Wildman–Crippen LogP) is 2.43. The second kappa shape index (κ2) is 7.55. The normalized spacial score (nSPS) is 21.1. The van der Waals surface area contributed by atoms with Gasteiger partial charge in [0.1, 0.15) is 5.75 Å². The molecule has 2 aliphatic rings. The number of amides is 3. The summed E-state index contributed by atoms with van der Waals surface area (Å²) < 4.78 is 5.42. The zero-order valence-electron chi connectivity index (χ0n) is 14.1. The summed E-state index contributed by atoms with van der Waals surface area (Å²) in [7, 11) is 0. The van der Waals surface area contributed by atoms with Crippen LogP contribution in [0.15, 0.2) is 24.3 Å². The van der Waals surface area contributed by atoms with Gasteiger partial charge in [-0.05, 0) is 44.0 Å². The molecular weight excluding hydrogens is 306 g/mol. The van der Waals surface area contributed by atoms with Gasteiger partial charge in [0.25, 0.3) is 0 Å². The van der Waals surface area contributed by atoms with Crippen molar-refractivity contribution in [1.29, 1.82) is 0 Å². The fourth-order valence-electron chi connectivity index (χ4n) is 3.43. The topological polar surface area (TPSA) is 70.7 Å². The van der Waals surface area contributed by atoms with E-state index in [4.69, 9.17) is 4.74 Å². The van der Waals surface area contributed by atoms with E-state index < -0.39 is 0 Å². The summed E-state index contributed by atoms with van der Waals surface area (Å²) in [5.74, 6) is 0.823. The molecule has 130 valence electrons. The molecular formula is C18H25N3O3. The van der Waals surface area contributed by atoms with Gasteiger partial charge in [-0.1, -0.05) is 12.8 Å². The molecule has 0 bridgehead atoms. The van der Waals surface area contributed by atoms with Crippen LogP contribution in [-0.2, 0) is 4.79 Å². The van der Waals surface area contributed by atoms with E-state index in [9.17, 15) is 9.59 Å². The van der Waals surface area contributed by atoms with E-state index >= 15 is 0 Å². The molecule has 1 saturated carbocycles. The molecule has 6 nitrogen and oxygen atoms in total. The maximum atomic E-state index is 12.2. The molecule has 3 amide bonds. The lowest BCUT2D eigenvalue weighted by Crippen LogP contribution is -2.46. The molecule has 2 fully saturated rings. The molecule has 2 N–H and O–H groups in total. The van der Waals surface area contributed by atoms with Gasteiger partial charge < -0.3 is 20.3 Å². The van der Waals surface area contributed by atoms with Crippen molar-refractivity contribution >= 4 is 17.6 Å². The van der Waals surface area contributed by atoms with Crippen molar-refractivity contribution in [2.24, 2.45) is 0 Å². The second-order valence-electron chi connectivity index (χ2n) is 6.43. The summed E-state index contributed by atoms with van der Waals surface area (Å²) >= 11 is 0. The van der Waals surface area contributed by atoms with E-state index in [0.717, 1.165) is 24.3 Å².